The third-order valence-electron chi connectivity index (χ3n) is 2.57. The van der Waals surface area contributed by atoms with Crippen molar-refractivity contribution >= 4 is 0 Å². The molecule has 2 aromatic heterocycles. The van der Waals surface area contributed by atoms with E-state index in [0.29, 0.717) is 11.5 Å². The first-order valence-electron chi connectivity index (χ1n) is 6.20. The van der Waals surface area contributed by atoms with Crippen molar-refractivity contribution in [3.8, 4) is 11.5 Å². The molecule has 8 nitrogen and oxygen atoms in total. The van der Waals surface area contributed by atoms with E-state index in [2.05, 4.69) is 8.83 Å². The van der Waals surface area contributed by atoms with Crippen LogP contribution in [0.15, 0.2) is 64.0 Å². The Kier molecular flexibility index (Phi) is 3.82. The Hall–Kier alpha value is -3.16. The molecule has 0 radical (unpaired) electrons. The maximum atomic E-state index is 10.7. The number of benzene rings is 1. The van der Waals surface area contributed by atoms with Crippen LogP contribution < -0.4 is 21.1 Å². The number of hydrogen-bond acceptors (Lipinski definition) is 8. The Bertz CT molecular complexity index is 782. The third kappa shape index (κ3) is 3.48. The third-order valence-corrected chi connectivity index (χ3v) is 2.57. The number of rotatable bonds is 6. The minimum Gasteiger partial charge on any atom is -0.485 e. The Labute approximate surface area is 122 Å². The van der Waals surface area contributed by atoms with Crippen molar-refractivity contribution < 1.29 is 27.1 Å². The first kappa shape index (κ1) is 13.8. The first-order chi connectivity index (χ1) is 10.7. The Morgan fingerprint density at radius 2 is 1.32 bits per heavy atom. The normalized spacial score (nSPS) is 10.5. The molecule has 0 amide bonds. The van der Waals surface area contributed by atoms with Gasteiger partial charge in [0.2, 0.25) is 0 Å². The molecular weight excluding hydrogens is 296 g/mol. The predicted molar refractivity (Wildman–Crippen MR) is 69.6 cm³/mol. The highest BCUT2D eigenvalue weighted by Gasteiger charge is 2.05. The average molecular weight is 306 g/mol. The van der Waals surface area contributed by atoms with Gasteiger partial charge in [0.15, 0.2) is 11.5 Å². The van der Waals surface area contributed by atoms with Crippen LogP contribution in [0.3, 0.4) is 0 Å². The van der Waals surface area contributed by atoms with Crippen LogP contribution in [0.25, 0.3) is 0 Å². The highest BCUT2D eigenvalue weighted by atomic mass is 16.6. The summed E-state index contributed by atoms with van der Waals surface area (Å²) in [4.78, 5) is 21.5. The van der Waals surface area contributed by atoms with Crippen LogP contribution in [0.5, 0.6) is 11.5 Å². The zero-order chi connectivity index (χ0) is 15.4. The molecule has 8 heteroatoms. The summed E-state index contributed by atoms with van der Waals surface area (Å²) in [6, 6.07) is 6.78. The molecule has 2 heterocycles. The predicted octanol–water partition coefficient (Wildman–Crippen LogP) is 1.94. The molecule has 0 saturated heterocycles. The van der Waals surface area contributed by atoms with Gasteiger partial charge >= 0.3 is 11.6 Å². The zero-order valence-corrected chi connectivity index (χ0v) is 11.1. The summed E-state index contributed by atoms with van der Waals surface area (Å²) in [6.07, 6.45) is 2.37. The fraction of sp³-hybridized carbons (Fsp3) is 0.143. The monoisotopic (exact) mass is 306 g/mol. The van der Waals surface area contributed by atoms with Crippen molar-refractivity contribution in [2.75, 3.05) is 0 Å². The number of hydrogen-bond donors (Lipinski definition) is 0. The molecular formula is C14H10O8. The SMILES string of the molecule is O=c1occ(COc2cccc(OCc3coc(=O)o3)c2)o1. The van der Waals surface area contributed by atoms with Gasteiger partial charge in [-0.15, -0.1) is 0 Å². The van der Waals surface area contributed by atoms with Crippen molar-refractivity contribution in [1.29, 1.82) is 0 Å². The largest absolute Gasteiger partial charge is 0.518 e. The van der Waals surface area contributed by atoms with Gasteiger partial charge in [-0.1, -0.05) is 6.07 Å². The van der Waals surface area contributed by atoms with Gasteiger partial charge in [0, 0.05) is 6.07 Å². The van der Waals surface area contributed by atoms with Gasteiger partial charge < -0.3 is 27.1 Å². The van der Waals surface area contributed by atoms with E-state index in [1.54, 1.807) is 24.3 Å². The minimum atomic E-state index is -0.780. The summed E-state index contributed by atoms with van der Waals surface area (Å²) in [5.74, 6) is 0.00700. The maximum Gasteiger partial charge on any atom is 0.518 e. The van der Waals surface area contributed by atoms with Gasteiger partial charge in [0.25, 0.3) is 0 Å². The molecule has 0 aliphatic rings. The van der Waals surface area contributed by atoms with Crippen LogP contribution in [0.2, 0.25) is 0 Å². The second-order valence-electron chi connectivity index (χ2n) is 4.16. The Morgan fingerprint density at radius 3 is 1.73 bits per heavy atom. The lowest BCUT2D eigenvalue weighted by Gasteiger charge is -2.07. The molecule has 3 aromatic rings. The van der Waals surface area contributed by atoms with Crippen LogP contribution in [0, 0.1) is 0 Å². The maximum absolute atomic E-state index is 10.7. The standard InChI is InChI=1S/C14H10O8/c15-13-19-7-11(21-13)5-17-9-2-1-3-10(4-9)18-6-12-8-20-14(16)22-12/h1-4,7-8H,5-6H2. The lowest BCUT2D eigenvalue weighted by molar-refractivity contribution is 0.251. The van der Waals surface area contributed by atoms with E-state index in [9.17, 15) is 9.59 Å². The van der Waals surface area contributed by atoms with Gasteiger partial charge in [-0.05, 0) is 12.1 Å². The Morgan fingerprint density at radius 1 is 0.818 bits per heavy atom. The van der Waals surface area contributed by atoms with Crippen LogP contribution in [-0.2, 0) is 13.2 Å². The molecule has 0 aliphatic carbocycles. The summed E-state index contributed by atoms with van der Waals surface area (Å²) in [5, 5.41) is 0. The van der Waals surface area contributed by atoms with Gasteiger partial charge in [-0.3, -0.25) is 0 Å². The summed E-state index contributed by atoms with van der Waals surface area (Å²) >= 11 is 0. The molecule has 22 heavy (non-hydrogen) atoms. The molecule has 0 unspecified atom stereocenters. The summed E-state index contributed by atoms with van der Waals surface area (Å²) in [7, 11) is 0. The van der Waals surface area contributed by atoms with Crippen LogP contribution in [0.4, 0.5) is 0 Å². The molecule has 0 saturated carbocycles. The molecule has 0 aliphatic heterocycles. The van der Waals surface area contributed by atoms with Crippen LogP contribution in [0.1, 0.15) is 11.5 Å². The molecule has 0 atom stereocenters. The summed E-state index contributed by atoms with van der Waals surface area (Å²) in [5.41, 5.74) is 0. The summed E-state index contributed by atoms with van der Waals surface area (Å²) in [6.45, 7) is 0.0948. The van der Waals surface area contributed by atoms with E-state index >= 15 is 0 Å². The topological polar surface area (TPSA) is 105 Å². The summed E-state index contributed by atoms with van der Waals surface area (Å²) < 4.78 is 29.3. The van der Waals surface area contributed by atoms with Gasteiger partial charge in [-0.2, -0.15) is 0 Å². The second kappa shape index (κ2) is 6.08. The average Bonchev–Trinajstić information content (AvgIpc) is 3.12. The second-order valence-corrected chi connectivity index (χ2v) is 4.16. The lowest BCUT2D eigenvalue weighted by atomic mass is 10.3. The van der Waals surface area contributed by atoms with E-state index in [1.807, 2.05) is 0 Å². The van der Waals surface area contributed by atoms with E-state index in [-0.39, 0.29) is 24.7 Å². The number of ether oxygens (including phenoxy) is 2. The van der Waals surface area contributed by atoms with Crippen molar-refractivity contribution in [3.63, 3.8) is 0 Å². The molecule has 0 fully saturated rings. The van der Waals surface area contributed by atoms with Crippen molar-refractivity contribution in [3.05, 3.63) is 69.5 Å². The Balaban J connectivity index is 1.59. The van der Waals surface area contributed by atoms with E-state index in [0.717, 1.165) is 0 Å². The van der Waals surface area contributed by atoms with Crippen molar-refractivity contribution in [2.24, 2.45) is 0 Å². The lowest BCUT2D eigenvalue weighted by Crippen LogP contribution is -1.97. The molecule has 0 N–H and O–H groups in total. The smallest absolute Gasteiger partial charge is 0.485 e. The van der Waals surface area contributed by atoms with E-state index < -0.39 is 11.6 Å². The van der Waals surface area contributed by atoms with Crippen molar-refractivity contribution in [1.82, 2.24) is 0 Å². The fourth-order valence-electron chi connectivity index (χ4n) is 1.63. The van der Waals surface area contributed by atoms with Crippen molar-refractivity contribution in [2.45, 2.75) is 13.2 Å². The highest BCUT2D eigenvalue weighted by molar-refractivity contribution is 5.33. The van der Waals surface area contributed by atoms with Gasteiger partial charge in [0.1, 0.15) is 37.2 Å². The molecule has 1 aromatic carbocycles. The first-order valence-corrected chi connectivity index (χ1v) is 6.20. The van der Waals surface area contributed by atoms with E-state index in [4.69, 9.17) is 18.3 Å². The molecule has 3 rings (SSSR count). The van der Waals surface area contributed by atoms with E-state index in [1.165, 1.54) is 12.5 Å². The van der Waals surface area contributed by atoms with Crippen LogP contribution in [-0.4, -0.2) is 0 Å². The fourth-order valence-corrected chi connectivity index (χ4v) is 1.63. The highest BCUT2D eigenvalue weighted by Crippen LogP contribution is 2.21. The molecule has 114 valence electrons. The molecule has 0 spiro atoms. The minimum absolute atomic E-state index is 0.0474. The zero-order valence-electron chi connectivity index (χ0n) is 11.1. The van der Waals surface area contributed by atoms with Gasteiger partial charge in [0.05, 0.1) is 0 Å². The van der Waals surface area contributed by atoms with Gasteiger partial charge in [-0.25, -0.2) is 9.59 Å². The molecule has 0 bridgehead atoms. The van der Waals surface area contributed by atoms with Crippen LogP contribution >= 0.6 is 0 Å². The quantitative estimate of drug-likeness (QED) is 0.680.